The topological polar surface area (TPSA) is 66.8 Å². The Hall–Kier alpha value is -3.58. The highest BCUT2D eigenvalue weighted by Crippen LogP contribution is 2.15. The van der Waals surface area contributed by atoms with Crippen molar-refractivity contribution in [2.45, 2.75) is 20.0 Å². The predicted octanol–water partition coefficient (Wildman–Crippen LogP) is 4.04. The molecule has 0 saturated heterocycles. The first-order valence-corrected chi connectivity index (χ1v) is 11.0. The zero-order chi connectivity index (χ0) is 23.6. The quantitative estimate of drug-likeness (QED) is 0.509. The van der Waals surface area contributed by atoms with Gasteiger partial charge >= 0.3 is 6.03 Å². The minimum absolute atomic E-state index is 0.0433. The molecule has 1 N–H and O–H groups in total. The number of aryl methyl sites for hydroxylation is 2. The molecule has 0 saturated carbocycles. The fourth-order valence-electron chi connectivity index (χ4n) is 3.52. The number of carbonyl (C=O) groups is 2. The van der Waals surface area contributed by atoms with Crippen LogP contribution in [0.3, 0.4) is 0 Å². The molecule has 33 heavy (non-hydrogen) atoms. The second-order valence-corrected chi connectivity index (χ2v) is 8.01. The van der Waals surface area contributed by atoms with E-state index in [2.05, 4.69) is 5.32 Å². The van der Waals surface area contributed by atoms with Crippen molar-refractivity contribution in [2.75, 3.05) is 32.1 Å². The summed E-state index contributed by atoms with van der Waals surface area (Å²) in [6.45, 7) is 3.45. The van der Waals surface area contributed by atoms with E-state index in [1.807, 2.05) is 91.5 Å². The van der Waals surface area contributed by atoms with E-state index >= 15 is 0 Å². The van der Waals surface area contributed by atoms with Crippen LogP contribution < -0.4 is 5.32 Å². The van der Waals surface area contributed by atoms with Crippen LogP contribution in [0.1, 0.15) is 16.8 Å². The third kappa shape index (κ3) is 6.95. The van der Waals surface area contributed by atoms with E-state index < -0.39 is 0 Å². The van der Waals surface area contributed by atoms with Crippen molar-refractivity contribution in [2.24, 2.45) is 7.05 Å². The van der Waals surface area contributed by atoms with Crippen LogP contribution in [0.2, 0.25) is 0 Å². The fourth-order valence-corrected chi connectivity index (χ4v) is 3.52. The molecule has 7 heteroatoms. The normalized spacial score (nSPS) is 10.6. The molecule has 0 unspecified atom stereocenters. The first kappa shape index (κ1) is 24.1. The number of carbonyl (C=O) groups excluding carboxylic acids is 2. The number of ether oxygens (including phenoxy) is 1. The Labute approximate surface area is 195 Å². The van der Waals surface area contributed by atoms with Crippen molar-refractivity contribution < 1.29 is 14.3 Å². The monoisotopic (exact) mass is 448 g/mol. The summed E-state index contributed by atoms with van der Waals surface area (Å²) in [5, 5.41) is 2.92. The van der Waals surface area contributed by atoms with E-state index in [1.54, 1.807) is 12.0 Å². The van der Waals surface area contributed by atoms with Gasteiger partial charge in [0.2, 0.25) is 5.91 Å². The lowest BCUT2D eigenvalue weighted by atomic mass is 10.2. The molecular formula is C26H32N4O3. The van der Waals surface area contributed by atoms with Crippen molar-refractivity contribution in [1.82, 2.24) is 14.4 Å². The predicted molar refractivity (Wildman–Crippen MR) is 130 cm³/mol. The number of hydrogen-bond donors (Lipinski definition) is 1. The number of nitrogens with zero attached hydrogens (tertiary/aromatic N) is 3. The average Bonchev–Trinajstić information content (AvgIpc) is 3.22. The van der Waals surface area contributed by atoms with Crippen LogP contribution in [0.25, 0.3) is 0 Å². The third-order valence-electron chi connectivity index (χ3n) is 5.54. The summed E-state index contributed by atoms with van der Waals surface area (Å²) in [6.07, 6.45) is 1.96. The summed E-state index contributed by atoms with van der Waals surface area (Å²) < 4.78 is 7.18. The van der Waals surface area contributed by atoms with Gasteiger partial charge in [-0.3, -0.25) is 4.79 Å². The van der Waals surface area contributed by atoms with Crippen molar-refractivity contribution in [1.29, 1.82) is 0 Å². The van der Waals surface area contributed by atoms with E-state index in [0.29, 0.717) is 26.2 Å². The van der Waals surface area contributed by atoms with Crippen LogP contribution in [-0.2, 0) is 29.7 Å². The highest BCUT2D eigenvalue weighted by atomic mass is 16.5. The number of para-hydroxylation sites is 1. The molecule has 0 spiro atoms. The summed E-state index contributed by atoms with van der Waals surface area (Å²) in [5.74, 6) is -0.129. The Morgan fingerprint density at radius 2 is 1.67 bits per heavy atom. The van der Waals surface area contributed by atoms with E-state index in [-0.39, 0.29) is 18.5 Å². The van der Waals surface area contributed by atoms with Crippen LogP contribution >= 0.6 is 0 Å². The molecule has 2 aromatic carbocycles. The zero-order valence-corrected chi connectivity index (χ0v) is 19.5. The number of methoxy groups -OCH3 is 1. The van der Waals surface area contributed by atoms with E-state index in [4.69, 9.17) is 4.74 Å². The number of amides is 3. The molecule has 0 fully saturated rings. The molecule has 3 aromatic rings. The lowest BCUT2D eigenvalue weighted by Crippen LogP contribution is -2.45. The minimum Gasteiger partial charge on any atom is -0.383 e. The highest BCUT2D eigenvalue weighted by molar-refractivity contribution is 5.93. The van der Waals surface area contributed by atoms with E-state index in [9.17, 15) is 9.59 Å². The van der Waals surface area contributed by atoms with Crippen LogP contribution in [0, 0.1) is 6.92 Å². The second-order valence-electron chi connectivity index (χ2n) is 8.01. The second kappa shape index (κ2) is 11.9. The third-order valence-corrected chi connectivity index (χ3v) is 5.54. The lowest BCUT2D eigenvalue weighted by Gasteiger charge is -2.28. The van der Waals surface area contributed by atoms with E-state index in [0.717, 1.165) is 22.5 Å². The molecule has 1 heterocycles. The van der Waals surface area contributed by atoms with Gasteiger partial charge in [0.15, 0.2) is 0 Å². The van der Waals surface area contributed by atoms with Crippen molar-refractivity contribution >= 4 is 17.6 Å². The Balaban J connectivity index is 1.77. The number of rotatable bonds is 10. The molecule has 0 aliphatic carbocycles. The van der Waals surface area contributed by atoms with Crippen LogP contribution in [0.4, 0.5) is 10.5 Å². The van der Waals surface area contributed by atoms with Gasteiger partial charge in [-0.25, -0.2) is 4.79 Å². The average molecular weight is 449 g/mol. The largest absolute Gasteiger partial charge is 0.383 e. The molecule has 7 nitrogen and oxygen atoms in total. The Bertz CT molecular complexity index is 1050. The molecule has 3 amide bonds. The van der Waals surface area contributed by atoms with Crippen LogP contribution in [0.15, 0.2) is 72.9 Å². The number of urea groups is 1. The van der Waals surface area contributed by atoms with E-state index in [1.165, 1.54) is 4.90 Å². The van der Waals surface area contributed by atoms with Gasteiger partial charge in [0.1, 0.15) is 6.54 Å². The maximum atomic E-state index is 13.4. The molecule has 0 radical (unpaired) electrons. The smallest absolute Gasteiger partial charge is 0.322 e. The maximum Gasteiger partial charge on any atom is 0.322 e. The fraction of sp³-hybridized carbons (Fsp3) is 0.308. The van der Waals surface area contributed by atoms with Crippen molar-refractivity contribution in [3.63, 3.8) is 0 Å². The molecule has 0 bridgehead atoms. The number of hydrogen-bond acceptors (Lipinski definition) is 3. The van der Waals surface area contributed by atoms with Gasteiger partial charge in [-0.15, -0.1) is 0 Å². The lowest BCUT2D eigenvalue weighted by molar-refractivity contribution is -0.133. The maximum absolute atomic E-state index is 13.4. The highest BCUT2D eigenvalue weighted by Gasteiger charge is 2.22. The summed E-state index contributed by atoms with van der Waals surface area (Å²) in [7, 11) is 3.54. The summed E-state index contributed by atoms with van der Waals surface area (Å²) >= 11 is 0. The summed E-state index contributed by atoms with van der Waals surface area (Å²) in [4.78, 5) is 29.8. The van der Waals surface area contributed by atoms with Crippen molar-refractivity contribution in [3.05, 3.63) is 89.7 Å². The molecule has 0 atom stereocenters. The van der Waals surface area contributed by atoms with Gasteiger partial charge in [-0.1, -0.05) is 48.5 Å². The zero-order valence-electron chi connectivity index (χ0n) is 19.5. The summed E-state index contributed by atoms with van der Waals surface area (Å²) in [6, 6.07) is 21.1. The van der Waals surface area contributed by atoms with Gasteiger partial charge < -0.3 is 24.4 Å². The number of nitrogens with one attached hydrogen (secondary N) is 1. The van der Waals surface area contributed by atoms with Crippen LogP contribution in [0.5, 0.6) is 0 Å². The Morgan fingerprint density at radius 1 is 0.939 bits per heavy atom. The molecule has 0 aliphatic heterocycles. The number of aromatic nitrogens is 1. The van der Waals surface area contributed by atoms with Gasteiger partial charge in [-0.2, -0.15) is 0 Å². The Morgan fingerprint density at radius 3 is 2.33 bits per heavy atom. The molecule has 0 aliphatic rings. The minimum atomic E-state index is -0.326. The van der Waals surface area contributed by atoms with Gasteiger partial charge in [-0.05, 0) is 36.2 Å². The number of benzene rings is 2. The Kier molecular flexibility index (Phi) is 8.66. The van der Waals surface area contributed by atoms with Gasteiger partial charge in [0, 0.05) is 44.8 Å². The first-order chi connectivity index (χ1) is 16.0. The van der Waals surface area contributed by atoms with Crippen LogP contribution in [-0.4, -0.2) is 53.1 Å². The SMILES string of the molecule is COCCN(CC(=O)N(Cc1ccccc1)Cc1cccn1C)C(=O)Nc1ccccc1C. The molecule has 3 rings (SSSR count). The first-order valence-electron chi connectivity index (χ1n) is 11.0. The molecule has 174 valence electrons. The van der Waals surface area contributed by atoms with Crippen molar-refractivity contribution in [3.8, 4) is 0 Å². The van der Waals surface area contributed by atoms with Gasteiger partial charge in [0.25, 0.3) is 0 Å². The summed E-state index contributed by atoms with van der Waals surface area (Å²) in [5.41, 5.74) is 3.74. The molecular weight excluding hydrogens is 416 g/mol. The van der Waals surface area contributed by atoms with Gasteiger partial charge in [0.05, 0.1) is 13.2 Å². The molecule has 1 aromatic heterocycles. The number of anilines is 1. The standard InChI is InChI=1S/C26H32N4O3/c1-21-10-7-8-14-24(21)27-26(32)29(16-17-33-3)20-25(31)30(18-22-11-5-4-6-12-22)19-23-13-9-15-28(23)2/h4-15H,16-20H2,1-3H3,(H,27,32).